The van der Waals surface area contributed by atoms with Gasteiger partial charge in [-0.15, -0.1) is 0 Å². The van der Waals surface area contributed by atoms with Crippen LogP contribution in [0.15, 0.2) is 24.3 Å². The Labute approximate surface area is 97.6 Å². The largest absolute Gasteiger partial charge is 0.491 e. The SMILES string of the molecule is COCCC(C)Oc1cccc([C@@H](C)N)c1. The van der Waals surface area contributed by atoms with E-state index >= 15 is 0 Å². The van der Waals surface area contributed by atoms with Crippen LogP contribution in [0.2, 0.25) is 0 Å². The fraction of sp³-hybridized carbons (Fsp3) is 0.538. The van der Waals surface area contributed by atoms with Gasteiger partial charge in [0.05, 0.1) is 6.10 Å². The zero-order valence-corrected chi connectivity index (χ0v) is 10.3. The zero-order valence-electron chi connectivity index (χ0n) is 10.3. The van der Waals surface area contributed by atoms with E-state index in [2.05, 4.69) is 0 Å². The molecule has 3 nitrogen and oxygen atoms in total. The molecule has 2 N–H and O–H groups in total. The fourth-order valence-electron chi connectivity index (χ4n) is 1.45. The molecule has 0 bridgehead atoms. The van der Waals surface area contributed by atoms with Crippen LogP contribution in [0.4, 0.5) is 0 Å². The Balaban J connectivity index is 2.56. The van der Waals surface area contributed by atoms with E-state index in [4.69, 9.17) is 15.2 Å². The van der Waals surface area contributed by atoms with Crippen LogP contribution in [0.25, 0.3) is 0 Å². The molecule has 0 aromatic heterocycles. The predicted octanol–water partition coefficient (Wildman–Crippen LogP) is 2.51. The van der Waals surface area contributed by atoms with Gasteiger partial charge in [0.15, 0.2) is 0 Å². The van der Waals surface area contributed by atoms with Crippen LogP contribution in [0.3, 0.4) is 0 Å². The van der Waals surface area contributed by atoms with Gasteiger partial charge in [-0.2, -0.15) is 0 Å². The van der Waals surface area contributed by atoms with E-state index < -0.39 is 0 Å². The Morgan fingerprint density at radius 1 is 1.31 bits per heavy atom. The van der Waals surface area contributed by atoms with E-state index in [1.54, 1.807) is 7.11 Å². The minimum atomic E-state index is 0.0397. The Bertz CT molecular complexity index is 313. The van der Waals surface area contributed by atoms with Crippen molar-refractivity contribution < 1.29 is 9.47 Å². The van der Waals surface area contributed by atoms with Crippen molar-refractivity contribution in [3.8, 4) is 5.75 Å². The highest BCUT2D eigenvalue weighted by Crippen LogP contribution is 2.19. The molecule has 0 aliphatic rings. The molecule has 0 amide bonds. The Morgan fingerprint density at radius 2 is 2.06 bits per heavy atom. The molecule has 0 spiro atoms. The third-order valence-electron chi connectivity index (χ3n) is 2.45. The third kappa shape index (κ3) is 4.21. The summed E-state index contributed by atoms with van der Waals surface area (Å²) in [4.78, 5) is 0. The lowest BCUT2D eigenvalue weighted by molar-refractivity contribution is 0.135. The van der Waals surface area contributed by atoms with E-state index in [-0.39, 0.29) is 12.1 Å². The van der Waals surface area contributed by atoms with Gasteiger partial charge in [-0.3, -0.25) is 0 Å². The van der Waals surface area contributed by atoms with Crippen molar-refractivity contribution >= 4 is 0 Å². The molecule has 0 aliphatic carbocycles. The fourth-order valence-corrected chi connectivity index (χ4v) is 1.45. The van der Waals surface area contributed by atoms with Crippen LogP contribution in [0, 0.1) is 0 Å². The molecule has 3 heteroatoms. The number of benzene rings is 1. The molecular weight excluding hydrogens is 202 g/mol. The number of hydrogen-bond donors (Lipinski definition) is 1. The van der Waals surface area contributed by atoms with Crippen molar-refractivity contribution in [2.75, 3.05) is 13.7 Å². The summed E-state index contributed by atoms with van der Waals surface area (Å²) in [5.41, 5.74) is 6.91. The van der Waals surface area contributed by atoms with Crippen LogP contribution in [-0.2, 0) is 4.74 Å². The maximum absolute atomic E-state index is 5.82. The quantitative estimate of drug-likeness (QED) is 0.806. The van der Waals surface area contributed by atoms with Crippen LogP contribution < -0.4 is 10.5 Å². The first-order valence-corrected chi connectivity index (χ1v) is 5.64. The highest BCUT2D eigenvalue weighted by atomic mass is 16.5. The predicted molar refractivity (Wildman–Crippen MR) is 65.6 cm³/mol. The smallest absolute Gasteiger partial charge is 0.120 e. The molecule has 0 saturated carbocycles. The molecule has 90 valence electrons. The Hall–Kier alpha value is -1.06. The summed E-state index contributed by atoms with van der Waals surface area (Å²) >= 11 is 0. The number of hydrogen-bond acceptors (Lipinski definition) is 3. The highest BCUT2D eigenvalue weighted by Gasteiger charge is 2.05. The molecule has 1 rings (SSSR count). The second-order valence-corrected chi connectivity index (χ2v) is 4.07. The first kappa shape index (κ1) is 13.0. The highest BCUT2D eigenvalue weighted by molar-refractivity contribution is 5.30. The van der Waals surface area contributed by atoms with Crippen molar-refractivity contribution in [2.24, 2.45) is 5.73 Å². The molecule has 1 aromatic carbocycles. The van der Waals surface area contributed by atoms with Gasteiger partial charge in [0.1, 0.15) is 5.75 Å². The lowest BCUT2D eigenvalue weighted by Crippen LogP contribution is -2.14. The van der Waals surface area contributed by atoms with E-state index in [9.17, 15) is 0 Å². The first-order chi connectivity index (χ1) is 7.63. The van der Waals surface area contributed by atoms with E-state index in [0.717, 1.165) is 17.7 Å². The van der Waals surface area contributed by atoms with Gasteiger partial charge in [0.25, 0.3) is 0 Å². The second kappa shape index (κ2) is 6.51. The average molecular weight is 223 g/mol. The van der Waals surface area contributed by atoms with Crippen molar-refractivity contribution in [1.82, 2.24) is 0 Å². The summed E-state index contributed by atoms with van der Waals surface area (Å²) in [6, 6.07) is 7.97. The molecule has 1 aromatic rings. The molecule has 16 heavy (non-hydrogen) atoms. The average Bonchev–Trinajstić information content (AvgIpc) is 2.26. The van der Waals surface area contributed by atoms with Gasteiger partial charge in [-0.1, -0.05) is 12.1 Å². The number of rotatable bonds is 6. The molecule has 0 saturated heterocycles. The Morgan fingerprint density at radius 3 is 2.69 bits per heavy atom. The summed E-state index contributed by atoms with van der Waals surface area (Å²) in [7, 11) is 1.70. The van der Waals surface area contributed by atoms with E-state index in [1.165, 1.54) is 0 Å². The van der Waals surface area contributed by atoms with Crippen LogP contribution in [-0.4, -0.2) is 19.8 Å². The Kier molecular flexibility index (Phi) is 5.29. The van der Waals surface area contributed by atoms with Gasteiger partial charge in [-0.05, 0) is 31.5 Å². The minimum Gasteiger partial charge on any atom is -0.491 e. The molecular formula is C13H21NO2. The number of methoxy groups -OCH3 is 1. The van der Waals surface area contributed by atoms with Crippen molar-refractivity contribution in [1.29, 1.82) is 0 Å². The maximum atomic E-state index is 5.82. The van der Waals surface area contributed by atoms with E-state index in [0.29, 0.717) is 6.61 Å². The minimum absolute atomic E-state index is 0.0397. The van der Waals surface area contributed by atoms with Crippen LogP contribution in [0.5, 0.6) is 5.75 Å². The molecule has 0 aliphatic heterocycles. The van der Waals surface area contributed by atoms with Gasteiger partial charge in [0, 0.05) is 26.2 Å². The first-order valence-electron chi connectivity index (χ1n) is 5.64. The normalized spacial score (nSPS) is 14.5. The van der Waals surface area contributed by atoms with Crippen molar-refractivity contribution in [3.63, 3.8) is 0 Å². The lowest BCUT2D eigenvalue weighted by Gasteiger charge is -2.15. The summed E-state index contributed by atoms with van der Waals surface area (Å²) < 4.78 is 10.8. The standard InChI is InChI=1S/C13H21NO2/c1-10(7-8-15-3)16-13-6-4-5-12(9-13)11(2)14/h4-6,9-11H,7-8,14H2,1-3H3/t10?,11-/m1/s1. The third-order valence-corrected chi connectivity index (χ3v) is 2.45. The zero-order chi connectivity index (χ0) is 12.0. The van der Waals surface area contributed by atoms with Gasteiger partial charge < -0.3 is 15.2 Å². The van der Waals surface area contributed by atoms with Crippen LogP contribution >= 0.6 is 0 Å². The monoisotopic (exact) mass is 223 g/mol. The van der Waals surface area contributed by atoms with Gasteiger partial charge in [-0.25, -0.2) is 0 Å². The second-order valence-electron chi connectivity index (χ2n) is 4.07. The summed E-state index contributed by atoms with van der Waals surface area (Å²) in [6.07, 6.45) is 1.04. The van der Waals surface area contributed by atoms with Crippen LogP contribution in [0.1, 0.15) is 31.9 Å². The van der Waals surface area contributed by atoms with Gasteiger partial charge >= 0.3 is 0 Å². The van der Waals surface area contributed by atoms with Gasteiger partial charge in [0.2, 0.25) is 0 Å². The summed E-state index contributed by atoms with van der Waals surface area (Å²) in [5.74, 6) is 0.874. The molecule has 0 heterocycles. The van der Waals surface area contributed by atoms with E-state index in [1.807, 2.05) is 38.1 Å². The number of ether oxygens (including phenoxy) is 2. The molecule has 1 unspecified atom stereocenters. The topological polar surface area (TPSA) is 44.5 Å². The van der Waals surface area contributed by atoms with Crippen molar-refractivity contribution in [3.05, 3.63) is 29.8 Å². The summed E-state index contributed by atoms with van der Waals surface area (Å²) in [5, 5.41) is 0. The molecule has 0 fully saturated rings. The van der Waals surface area contributed by atoms with Crippen molar-refractivity contribution in [2.45, 2.75) is 32.4 Å². The lowest BCUT2D eigenvalue weighted by atomic mass is 10.1. The maximum Gasteiger partial charge on any atom is 0.120 e. The number of nitrogens with two attached hydrogens (primary N) is 1. The molecule has 2 atom stereocenters. The summed E-state index contributed by atoms with van der Waals surface area (Å²) in [6.45, 7) is 4.72. The molecule has 0 radical (unpaired) electrons.